The molecule has 2 N–H and O–H groups in total. The maximum atomic E-state index is 11.4. The number of likely N-dealkylation sites (tertiary alicyclic amines) is 1. The molecule has 0 saturated carbocycles. The van der Waals surface area contributed by atoms with Crippen LogP contribution >= 0.6 is 0 Å². The second-order valence-corrected chi connectivity index (χ2v) is 5.28. The van der Waals surface area contributed by atoms with Crippen LogP contribution in [0.2, 0.25) is 0 Å². The van der Waals surface area contributed by atoms with E-state index in [-0.39, 0.29) is 12.0 Å². The predicted octanol–water partition coefficient (Wildman–Crippen LogP) is 1.19. The molecular weight excluding hydrogens is 206 g/mol. The molecule has 94 valence electrons. The maximum Gasteiger partial charge on any atom is 0.311 e. The van der Waals surface area contributed by atoms with Gasteiger partial charge in [-0.2, -0.15) is 0 Å². The minimum absolute atomic E-state index is 0.154. The third-order valence-electron chi connectivity index (χ3n) is 3.77. The van der Waals surface area contributed by atoms with E-state index in [1.807, 2.05) is 13.8 Å². The zero-order chi connectivity index (χ0) is 12.3. The Morgan fingerprint density at radius 2 is 2.06 bits per heavy atom. The fourth-order valence-corrected chi connectivity index (χ4v) is 2.37. The molecule has 0 aromatic heterocycles. The Morgan fingerprint density at radius 1 is 1.44 bits per heavy atom. The van der Waals surface area contributed by atoms with Crippen molar-refractivity contribution >= 4 is 5.97 Å². The molecule has 0 amide bonds. The van der Waals surface area contributed by atoms with Gasteiger partial charge in [0.1, 0.15) is 0 Å². The molecule has 4 heteroatoms. The van der Waals surface area contributed by atoms with Gasteiger partial charge in [-0.3, -0.25) is 4.79 Å². The number of carboxylic acid groups (broad SMARTS) is 1. The van der Waals surface area contributed by atoms with E-state index in [2.05, 4.69) is 4.90 Å². The first-order valence-corrected chi connectivity index (χ1v) is 6.02. The van der Waals surface area contributed by atoms with E-state index in [1.54, 1.807) is 6.92 Å². The number of aliphatic hydroxyl groups excluding tert-OH is 1. The van der Waals surface area contributed by atoms with Gasteiger partial charge in [0.2, 0.25) is 0 Å². The van der Waals surface area contributed by atoms with Crippen molar-refractivity contribution in [2.75, 3.05) is 19.6 Å². The maximum absolute atomic E-state index is 11.4. The molecule has 16 heavy (non-hydrogen) atoms. The number of aliphatic carboxylic acids is 1. The molecule has 2 atom stereocenters. The largest absolute Gasteiger partial charge is 0.481 e. The van der Waals surface area contributed by atoms with Crippen LogP contribution in [0.15, 0.2) is 0 Å². The minimum atomic E-state index is -0.679. The van der Waals surface area contributed by atoms with Gasteiger partial charge in [-0.1, -0.05) is 13.8 Å². The first-order valence-electron chi connectivity index (χ1n) is 6.02. The SMILES string of the molecule is CC(O)CCN1CCC(C(=O)O)(C(C)C)C1. The highest BCUT2D eigenvalue weighted by atomic mass is 16.4. The standard InChI is InChI=1S/C12H23NO3/c1-9(2)12(11(15)16)5-7-13(8-12)6-4-10(3)14/h9-10,14H,4-8H2,1-3H3,(H,15,16). The van der Waals surface area contributed by atoms with E-state index in [1.165, 1.54) is 0 Å². The first kappa shape index (κ1) is 13.5. The zero-order valence-electron chi connectivity index (χ0n) is 10.4. The molecule has 2 unspecified atom stereocenters. The topological polar surface area (TPSA) is 60.8 Å². The summed E-state index contributed by atoms with van der Waals surface area (Å²) < 4.78 is 0. The number of carboxylic acids is 1. The smallest absolute Gasteiger partial charge is 0.311 e. The second-order valence-electron chi connectivity index (χ2n) is 5.28. The van der Waals surface area contributed by atoms with Crippen molar-refractivity contribution in [1.29, 1.82) is 0 Å². The molecule has 0 aromatic rings. The van der Waals surface area contributed by atoms with Crippen LogP contribution in [0, 0.1) is 11.3 Å². The molecule has 0 spiro atoms. The lowest BCUT2D eigenvalue weighted by Gasteiger charge is -2.29. The number of nitrogens with zero attached hydrogens (tertiary/aromatic N) is 1. The van der Waals surface area contributed by atoms with Crippen molar-refractivity contribution in [3.05, 3.63) is 0 Å². The third kappa shape index (κ3) is 2.74. The lowest BCUT2D eigenvalue weighted by atomic mass is 9.76. The van der Waals surface area contributed by atoms with Gasteiger partial charge in [0, 0.05) is 13.1 Å². The van der Waals surface area contributed by atoms with Crippen LogP contribution in [0.5, 0.6) is 0 Å². The minimum Gasteiger partial charge on any atom is -0.481 e. The van der Waals surface area contributed by atoms with Crippen molar-refractivity contribution < 1.29 is 15.0 Å². The van der Waals surface area contributed by atoms with E-state index >= 15 is 0 Å². The molecule has 1 aliphatic heterocycles. The quantitative estimate of drug-likeness (QED) is 0.743. The van der Waals surface area contributed by atoms with Gasteiger partial charge in [0.05, 0.1) is 11.5 Å². The van der Waals surface area contributed by atoms with Gasteiger partial charge < -0.3 is 15.1 Å². The van der Waals surface area contributed by atoms with Crippen LogP contribution in [0.3, 0.4) is 0 Å². The Labute approximate surface area is 97.3 Å². The monoisotopic (exact) mass is 229 g/mol. The molecule has 0 aliphatic carbocycles. The number of hydrogen-bond acceptors (Lipinski definition) is 3. The summed E-state index contributed by atoms with van der Waals surface area (Å²) in [4.78, 5) is 13.5. The van der Waals surface area contributed by atoms with Crippen molar-refractivity contribution in [1.82, 2.24) is 4.90 Å². The molecule has 1 rings (SSSR count). The van der Waals surface area contributed by atoms with Crippen LogP contribution in [0.1, 0.15) is 33.6 Å². The summed E-state index contributed by atoms with van der Waals surface area (Å²) in [5.41, 5.74) is -0.585. The van der Waals surface area contributed by atoms with E-state index in [9.17, 15) is 15.0 Å². The van der Waals surface area contributed by atoms with Crippen LogP contribution in [-0.4, -0.2) is 46.8 Å². The average molecular weight is 229 g/mol. The molecule has 4 nitrogen and oxygen atoms in total. The van der Waals surface area contributed by atoms with E-state index < -0.39 is 11.4 Å². The van der Waals surface area contributed by atoms with Crippen LogP contribution in [0.25, 0.3) is 0 Å². The molecule has 1 heterocycles. The highest BCUT2D eigenvalue weighted by molar-refractivity contribution is 5.75. The van der Waals surface area contributed by atoms with Gasteiger partial charge >= 0.3 is 5.97 Å². The number of carbonyl (C=O) groups is 1. The van der Waals surface area contributed by atoms with Gasteiger partial charge in [-0.15, -0.1) is 0 Å². The van der Waals surface area contributed by atoms with Crippen molar-refractivity contribution in [2.24, 2.45) is 11.3 Å². The fraction of sp³-hybridized carbons (Fsp3) is 0.917. The summed E-state index contributed by atoms with van der Waals surface area (Å²) in [7, 11) is 0. The van der Waals surface area contributed by atoms with Crippen molar-refractivity contribution in [2.45, 2.75) is 39.7 Å². The zero-order valence-corrected chi connectivity index (χ0v) is 10.4. The Balaban J connectivity index is 2.57. The Morgan fingerprint density at radius 3 is 2.44 bits per heavy atom. The summed E-state index contributed by atoms with van der Waals surface area (Å²) in [6, 6.07) is 0. The molecule has 0 aromatic carbocycles. The third-order valence-corrected chi connectivity index (χ3v) is 3.77. The summed E-state index contributed by atoms with van der Waals surface area (Å²) in [5, 5.41) is 18.6. The lowest BCUT2D eigenvalue weighted by molar-refractivity contribution is -0.151. The highest BCUT2D eigenvalue weighted by Crippen LogP contribution is 2.38. The molecule has 1 saturated heterocycles. The molecule has 1 aliphatic rings. The van der Waals surface area contributed by atoms with Gasteiger partial charge in [-0.25, -0.2) is 0 Å². The molecule has 0 radical (unpaired) electrons. The first-order chi connectivity index (χ1) is 7.38. The van der Waals surface area contributed by atoms with Gasteiger partial charge in [0.15, 0.2) is 0 Å². The van der Waals surface area contributed by atoms with Crippen LogP contribution in [-0.2, 0) is 4.79 Å². The van der Waals surface area contributed by atoms with Crippen LogP contribution < -0.4 is 0 Å². The normalized spacial score (nSPS) is 28.6. The molecule has 0 bridgehead atoms. The fourth-order valence-electron chi connectivity index (χ4n) is 2.37. The second kappa shape index (κ2) is 5.15. The van der Waals surface area contributed by atoms with Crippen molar-refractivity contribution in [3.63, 3.8) is 0 Å². The lowest BCUT2D eigenvalue weighted by Crippen LogP contribution is -2.39. The molecular formula is C12H23NO3. The Bertz CT molecular complexity index is 253. The Hall–Kier alpha value is -0.610. The van der Waals surface area contributed by atoms with Crippen molar-refractivity contribution in [3.8, 4) is 0 Å². The summed E-state index contributed by atoms with van der Waals surface area (Å²) >= 11 is 0. The van der Waals surface area contributed by atoms with E-state index in [4.69, 9.17) is 0 Å². The van der Waals surface area contributed by atoms with E-state index in [0.29, 0.717) is 13.0 Å². The summed E-state index contributed by atoms with van der Waals surface area (Å²) in [6.45, 7) is 7.96. The summed E-state index contributed by atoms with van der Waals surface area (Å²) in [6.07, 6.45) is 1.13. The number of aliphatic hydroxyl groups is 1. The number of rotatable bonds is 5. The van der Waals surface area contributed by atoms with Gasteiger partial charge in [-0.05, 0) is 32.2 Å². The van der Waals surface area contributed by atoms with Crippen LogP contribution in [0.4, 0.5) is 0 Å². The number of hydrogen-bond donors (Lipinski definition) is 2. The average Bonchev–Trinajstić information content (AvgIpc) is 2.59. The summed E-state index contributed by atoms with van der Waals surface area (Å²) in [5.74, 6) is -0.524. The Kier molecular flexibility index (Phi) is 4.33. The van der Waals surface area contributed by atoms with E-state index in [0.717, 1.165) is 19.5 Å². The predicted molar refractivity (Wildman–Crippen MR) is 62.3 cm³/mol. The molecule has 1 fully saturated rings. The highest BCUT2D eigenvalue weighted by Gasteiger charge is 2.46. The van der Waals surface area contributed by atoms with Gasteiger partial charge in [0.25, 0.3) is 0 Å².